The van der Waals surface area contributed by atoms with Crippen molar-refractivity contribution in [3.63, 3.8) is 0 Å². The lowest BCUT2D eigenvalue weighted by Gasteiger charge is -2.23. The number of aryl methyl sites for hydroxylation is 1. The smallest absolute Gasteiger partial charge is 0.408 e. The van der Waals surface area contributed by atoms with Crippen LogP contribution in [0.5, 0.6) is 0 Å². The zero-order chi connectivity index (χ0) is 24.6. The van der Waals surface area contributed by atoms with E-state index in [1.807, 2.05) is 42.5 Å². The fourth-order valence-electron chi connectivity index (χ4n) is 3.59. The van der Waals surface area contributed by atoms with Gasteiger partial charge in [-0.05, 0) is 62.4 Å². The van der Waals surface area contributed by atoms with E-state index in [2.05, 4.69) is 48.6 Å². The molecule has 3 rings (SSSR count). The monoisotopic (exact) mass is 475 g/mol. The Kier molecular flexibility index (Phi) is 8.94. The minimum Gasteiger partial charge on any atom is -0.444 e. The van der Waals surface area contributed by atoms with E-state index in [0.29, 0.717) is 6.42 Å². The number of carbonyl (C=O) groups is 2. The van der Waals surface area contributed by atoms with Crippen LogP contribution in [-0.4, -0.2) is 23.5 Å². The SMILES string of the molecule is Cc1cc(CC(=O)[C@H](Cc2ccccc2)NC(=O)OC(C)(C)C)ccc1SCc1ccccc1. The summed E-state index contributed by atoms with van der Waals surface area (Å²) in [4.78, 5) is 26.9. The zero-order valence-corrected chi connectivity index (χ0v) is 21.2. The largest absolute Gasteiger partial charge is 0.444 e. The molecule has 0 bridgehead atoms. The van der Waals surface area contributed by atoms with Crippen LogP contribution < -0.4 is 5.32 Å². The van der Waals surface area contributed by atoms with Gasteiger partial charge in [0.2, 0.25) is 0 Å². The highest BCUT2D eigenvalue weighted by Crippen LogP contribution is 2.27. The van der Waals surface area contributed by atoms with E-state index in [1.165, 1.54) is 10.5 Å². The number of Topliss-reactive ketones (excluding diaryl/α,β-unsaturated/α-hetero) is 1. The van der Waals surface area contributed by atoms with Gasteiger partial charge in [0, 0.05) is 17.1 Å². The summed E-state index contributed by atoms with van der Waals surface area (Å²) >= 11 is 1.79. The van der Waals surface area contributed by atoms with Gasteiger partial charge in [0.15, 0.2) is 5.78 Å². The minimum atomic E-state index is -0.662. The normalized spacial score (nSPS) is 12.1. The van der Waals surface area contributed by atoms with Crippen molar-refractivity contribution in [2.45, 2.75) is 62.8 Å². The molecule has 3 aromatic rings. The second kappa shape index (κ2) is 11.9. The molecule has 34 heavy (non-hydrogen) atoms. The van der Waals surface area contributed by atoms with Crippen molar-refractivity contribution in [2.24, 2.45) is 0 Å². The number of hydrogen-bond donors (Lipinski definition) is 1. The average molecular weight is 476 g/mol. The van der Waals surface area contributed by atoms with Crippen molar-refractivity contribution < 1.29 is 14.3 Å². The van der Waals surface area contributed by atoms with Crippen LogP contribution in [0.25, 0.3) is 0 Å². The Morgan fingerprint density at radius 1 is 0.882 bits per heavy atom. The topological polar surface area (TPSA) is 55.4 Å². The van der Waals surface area contributed by atoms with Crippen LogP contribution in [0.1, 0.15) is 43.0 Å². The third-order valence-electron chi connectivity index (χ3n) is 5.22. The summed E-state index contributed by atoms with van der Waals surface area (Å²) in [6.45, 7) is 7.49. The van der Waals surface area contributed by atoms with Gasteiger partial charge in [0.25, 0.3) is 0 Å². The second-order valence-electron chi connectivity index (χ2n) is 9.41. The van der Waals surface area contributed by atoms with Gasteiger partial charge in [-0.25, -0.2) is 4.79 Å². The van der Waals surface area contributed by atoms with Crippen LogP contribution in [0.15, 0.2) is 83.8 Å². The number of nitrogens with one attached hydrogen (secondary N) is 1. The Labute approximate surface area is 207 Å². The molecule has 1 atom stereocenters. The van der Waals surface area contributed by atoms with Crippen LogP contribution in [-0.2, 0) is 28.1 Å². The standard InChI is InChI=1S/C29H33NO3S/c1-21-17-24(15-16-27(21)34-20-23-13-9-6-10-14-23)19-26(31)25(18-22-11-7-5-8-12-22)30-28(32)33-29(2,3)4/h5-17,25H,18-20H2,1-4H3,(H,30,32)/t25-/m0/s1. The highest BCUT2D eigenvalue weighted by atomic mass is 32.2. The zero-order valence-electron chi connectivity index (χ0n) is 20.3. The molecule has 5 heteroatoms. The van der Waals surface area contributed by atoms with Gasteiger partial charge in [-0.3, -0.25) is 4.79 Å². The molecule has 0 saturated heterocycles. The fraction of sp³-hybridized carbons (Fsp3) is 0.310. The highest BCUT2D eigenvalue weighted by molar-refractivity contribution is 7.98. The Hall–Kier alpha value is -3.05. The van der Waals surface area contributed by atoms with Crippen LogP contribution in [0.3, 0.4) is 0 Å². The van der Waals surface area contributed by atoms with Gasteiger partial charge in [0.05, 0.1) is 6.04 Å². The number of carbonyl (C=O) groups excluding carboxylic acids is 2. The van der Waals surface area contributed by atoms with Gasteiger partial charge < -0.3 is 10.1 Å². The molecule has 0 aliphatic carbocycles. The minimum absolute atomic E-state index is 0.0428. The summed E-state index contributed by atoms with van der Waals surface area (Å²) in [5.74, 6) is 0.859. The summed E-state index contributed by atoms with van der Waals surface area (Å²) in [5, 5.41) is 2.79. The number of ketones is 1. The number of rotatable bonds is 9. The first-order valence-corrected chi connectivity index (χ1v) is 12.5. The summed E-state index contributed by atoms with van der Waals surface area (Å²) < 4.78 is 5.40. The van der Waals surface area contributed by atoms with Crippen LogP contribution >= 0.6 is 11.8 Å². The molecule has 4 nitrogen and oxygen atoms in total. The summed E-state index contributed by atoms with van der Waals surface area (Å²) in [5.41, 5.74) is 3.72. The van der Waals surface area contributed by atoms with Gasteiger partial charge in [-0.1, -0.05) is 72.8 Å². The summed E-state index contributed by atoms with van der Waals surface area (Å²) in [7, 11) is 0. The molecular formula is C29H33NO3S. The molecule has 0 spiro atoms. The predicted octanol–water partition coefficient (Wildman–Crippen LogP) is 6.53. The lowest BCUT2D eigenvalue weighted by molar-refractivity contribution is -0.120. The van der Waals surface area contributed by atoms with E-state index in [4.69, 9.17) is 4.74 Å². The van der Waals surface area contributed by atoms with Crippen molar-refractivity contribution in [1.82, 2.24) is 5.32 Å². The van der Waals surface area contributed by atoms with E-state index >= 15 is 0 Å². The molecule has 0 unspecified atom stereocenters. The number of hydrogen-bond acceptors (Lipinski definition) is 4. The maximum Gasteiger partial charge on any atom is 0.408 e. The van der Waals surface area contributed by atoms with Crippen LogP contribution in [0.2, 0.25) is 0 Å². The van der Waals surface area contributed by atoms with Crippen LogP contribution in [0, 0.1) is 6.92 Å². The molecule has 1 N–H and O–H groups in total. The first-order valence-electron chi connectivity index (χ1n) is 11.5. The summed E-state index contributed by atoms with van der Waals surface area (Å²) in [6, 6.07) is 25.6. The average Bonchev–Trinajstić information content (AvgIpc) is 2.78. The van der Waals surface area contributed by atoms with Crippen molar-refractivity contribution in [1.29, 1.82) is 0 Å². The second-order valence-corrected chi connectivity index (χ2v) is 10.4. The Balaban J connectivity index is 1.68. The third kappa shape index (κ3) is 8.38. The van der Waals surface area contributed by atoms with E-state index in [0.717, 1.165) is 22.4 Å². The van der Waals surface area contributed by atoms with E-state index in [9.17, 15) is 9.59 Å². The quantitative estimate of drug-likeness (QED) is 0.357. The molecule has 0 aliphatic heterocycles. The maximum atomic E-state index is 13.2. The Morgan fingerprint density at radius 3 is 2.09 bits per heavy atom. The van der Waals surface area contributed by atoms with E-state index in [1.54, 1.807) is 32.5 Å². The molecule has 178 valence electrons. The van der Waals surface area contributed by atoms with E-state index in [-0.39, 0.29) is 12.2 Å². The lowest BCUT2D eigenvalue weighted by Crippen LogP contribution is -2.45. The van der Waals surface area contributed by atoms with Crippen molar-refractivity contribution in [3.8, 4) is 0 Å². The first-order chi connectivity index (χ1) is 16.2. The molecular weight excluding hydrogens is 442 g/mol. The molecule has 3 aromatic carbocycles. The molecule has 0 radical (unpaired) electrons. The van der Waals surface area contributed by atoms with Crippen molar-refractivity contribution >= 4 is 23.6 Å². The number of amides is 1. The number of thioether (sulfide) groups is 1. The summed E-state index contributed by atoms with van der Waals surface area (Å²) in [6.07, 6.45) is 0.0892. The highest BCUT2D eigenvalue weighted by Gasteiger charge is 2.25. The molecule has 0 fully saturated rings. The fourth-order valence-corrected chi connectivity index (χ4v) is 4.55. The van der Waals surface area contributed by atoms with Gasteiger partial charge in [-0.2, -0.15) is 0 Å². The Morgan fingerprint density at radius 2 is 1.50 bits per heavy atom. The Bertz CT molecular complexity index is 1090. The van der Waals surface area contributed by atoms with Crippen LogP contribution in [0.4, 0.5) is 4.79 Å². The molecule has 0 heterocycles. The molecule has 0 saturated carbocycles. The third-order valence-corrected chi connectivity index (χ3v) is 6.46. The van der Waals surface area contributed by atoms with Crippen molar-refractivity contribution in [2.75, 3.05) is 0 Å². The molecule has 0 aromatic heterocycles. The van der Waals surface area contributed by atoms with E-state index < -0.39 is 17.7 Å². The maximum absolute atomic E-state index is 13.2. The van der Waals surface area contributed by atoms with Crippen molar-refractivity contribution in [3.05, 3.63) is 101 Å². The van der Waals surface area contributed by atoms with Gasteiger partial charge in [-0.15, -0.1) is 11.8 Å². The molecule has 1 amide bonds. The predicted molar refractivity (Wildman–Crippen MR) is 139 cm³/mol. The molecule has 0 aliphatic rings. The number of ether oxygens (including phenoxy) is 1. The first kappa shape index (κ1) is 25.6. The van der Waals surface area contributed by atoms with Gasteiger partial charge in [0.1, 0.15) is 5.60 Å². The number of alkyl carbamates (subject to hydrolysis) is 1. The number of benzene rings is 3. The van der Waals surface area contributed by atoms with Gasteiger partial charge >= 0.3 is 6.09 Å². The lowest BCUT2D eigenvalue weighted by atomic mass is 9.97.